The molecule has 0 radical (unpaired) electrons. The molecule has 0 unspecified atom stereocenters. The molecule has 0 fully saturated rings. The Bertz CT molecular complexity index is 176. The van der Waals surface area contributed by atoms with Gasteiger partial charge in [-0.3, -0.25) is 4.79 Å². The standard InChI is InChI=1S/C14H28O2/c1-5-8-14(15)16-11-13(4)10-7-6-9-12(2)3/h12-13H,5-11H2,1-4H3/t13-/m1/s1. The maximum absolute atomic E-state index is 11.1. The molecule has 0 rings (SSSR count). The van der Waals surface area contributed by atoms with Gasteiger partial charge in [0.25, 0.3) is 0 Å². The number of unbranched alkanes of at least 4 members (excludes halogenated alkanes) is 1. The lowest BCUT2D eigenvalue weighted by Crippen LogP contribution is -2.11. The molecular formula is C14H28O2. The first kappa shape index (κ1) is 15.5. The molecule has 0 bridgehead atoms. The van der Waals surface area contributed by atoms with Crippen molar-refractivity contribution in [3.8, 4) is 0 Å². The van der Waals surface area contributed by atoms with E-state index >= 15 is 0 Å². The van der Waals surface area contributed by atoms with Crippen molar-refractivity contribution in [1.82, 2.24) is 0 Å². The molecule has 0 aliphatic rings. The fraction of sp³-hybridized carbons (Fsp3) is 0.929. The van der Waals surface area contributed by atoms with Crippen molar-refractivity contribution >= 4 is 5.97 Å². The molecule has 0 amide bonds. The van der Waals surface area contributed by atoms with Crippen LogP contribution in [0.4, 0.5) is 0 Å². The minimum atomic E-state index is -0.0449. The van der Waals surface area contributed by atoms with E-state index in [1.807, 2.05) is 6.92 Å². The van der Waals surface area contributed by atoms with Gasteiger partial charge in [0, 0.05) is 6.42 Å². The summed E-state index contributed by atoms with van der Waals surface area (Å²) in [5, 5.41) is 0. The number of rotatable bonds is 9. The Kier molecular flexibility index (Phi) is 9.36. The number of hydrogen-bond donors (Lipinski definition) is 0. The van der Waals surface area contributed by atoms with E-state index in [4.69, 9.17) is 4.74 Å². The van der Waals surface area contributed by atoms with Gasteiger partial charge in [-0.1, -0.05) is 47.0 Å². The van der Waals surface area contributed by atoms with Gasteiger partial charge in [0.15, 0.2) is 0 Å². The summed E-state index contributed by atoms with van der Waals surface area (Å²) in [6.45, 7) is 9.28. The average molecular weight is 228 g/mol. The van der Waals surface area contributed by atoms with Crippen LogP contribution in [0.3, 0.4) is 0 Å². The van der Waals surface area contributed by atoms with E-state index in [1.54, 1.807) is 0 Å². The fourth-order valence-electron chi connectivity index (χ4n) is 1.64. The van der Waals surface area contributed by atoms with Crippen molar-refractivity contribution in [2.75, 3.05) is 6.61 Å². The maximum Gasteiger partial charge on any atom is 0.305 e. The maximum atomic E-state index is 11.1. The lowest BCUT2D eigenvalue weighted by molar-refractivity contribution is -0.144. The van der Waals surface area contributed by atoms with Crippen molar-refractivity contribution in [2.24, 2.45) is 11.8 Å². The first-order valence-electron chi connectivity index (χ1n) is 6.71. The lowest BCUT2D eigenvalue weighted by atomic mass is 10.0. The molecule has 0 saturated carbocycles. The summed E-state index contributed by atoms with van der Waals surface area (Å²) in [5.74, 6) is 1.27. The molecule has 0 aromatic carbocycles. The highest BCUT2D eigenvalue weighted by Gasteiger charge is 2.06. The Morgan fingerprint density at radius 3 is 2.31 bits per heavy atom. The van der Waals surface area contributed by atoms with Crippen LogP contribution in [0.25, 0.3) is 0 Å². The number of esters is 1. The molecule has 0 aliphatic heterocycles. The zero-order valence-corrected chi connectivity index (χ0v) is 11.4. The highest BCUT2D eigenvalue weighted by molar-refractivity contribution is 5.69. The Morgan fingerprint density at radius 1 is 1.12 bits per heavy atom. The number of hydrogen-bond acceptors (Lipinski definition) is 2. The quantitative estimate of drug-likeness (QED) is 0.437. The minimum absolute atomic E-state index is 0.0449. The fourth-order valence-corrected chi connectivity index (χ4v) is 1.64. The van der Waals surface area contributed by atoms with Crippen LogP contribution < -0.4 is 0 Å². The molecule has 0 saturated heterocycles. The van der Waals surface area contributed by atoms with E-state index < -0.39 is 0 Å². The summed E-state index contributed by atoms with van der Waals surface area (Å²) in [6.07, 6.45) is 6.46. The van der Waals surface area contributed by atoms with Crippen LogP contribution >= 0.6 is 0 Å². The third kappa shape index (κ3) is 10.0. The highest BCUT2D eigenvalue weighted by atomic mass is 16.5. The second-order valence-corrected chi connectivity index (χ2v) is 5.22. The Labute approximate surface area is 101 Å². The summed E-state index contributed by atoms with van der Waals surface area (Å²) in [4.78, 5) is 11.1. The largest absolute Gasteiger partial charge is 0.465 e. The van der Waals surface area contributed by atoms with Crippen molar-refractivity contribution in [1.29, 1.82) is 0 Å². The van der Waals surface area contributed by atoms with E-state index in [-0.39, 0.29) is 5.97 Å². The van der Waals surface area contributed by atoms with Crippen LogP contribution in [0, 0.1) is 11.8 Å². The van der Waals surface area contributed by atoms with Crippen LogP contribution in [-0.2, 0) is 9.53 Å². The third-order valence-corrected chi connectivity index (χ3v) is 2.71. The van der Waals surface area contributed by atoms with Gasteiger partial charge in [-0.15, -0.1) is 0 Å². The van der Waals surface area contributed by atoms with Gasteiger partial charge in [-0.05, 0) is 24.7 Å². The predicted octanol–water partition coefficient (Wildman–Crippen LogP) is 4.18. The topological polar surface area (TPSA) is 26.3 Å². The van der Waals surface area contributed by atoms with Gasteiger partial charge in [0.05, 0.1) is 6.61 Å². The number of carbonyl (C=O) groups is 1. The van der Waals surface area contributed by atoms with Crippen LogP contribution in [0.1, 0.15) is 66.2 Å². The molecule has 0 heterocycles. The van der Waals surface area contributed by atoms with Gasteiger partial charge in [-0.25, -0.2) is 0 Å². The van der Waals surface area contributed by atoms with E-state index in [0.29, 0.717) is 18.9 Å². The Balaban J connectivity index is 3.37. The van der Waals surface area contributed by atoms with Crippen molar-refractivity contribution in [3.05, 3.63) is 0 Å². The van der Waals surface area contributed by atoms with Gasteiger partial charge in [0.2, 0.25) is 0 Å². The van der Waals surface area contributed by atoms with Crippen LogP contribution in [0.15, 0.2) is 0 Å². The van der Waals surface area contributed by atoms with Gasteiger partial charge in [-0.2, -0.15) is 0 Å². The third-order valence-electron chi connectivity index (χ3n) is 2.71. The molecule has 96 valence electrons. The highest BCUT2D eigenvalue weighted by Crippen LogP contribution is 2.13. The van der Waals surface area contributed by atoms with Crippen LogP contribution in [0.5, 0.6) is 0 Å². The summed E-state index contributed by atoms with van der Waals surface area (Å²) in [7, 11) is 0. The van der Waals surface area contributed by atoms with Gasteiger partial charge in [0.1, 0.15) is 0 Å². The van der Waals surface area contributed by atoms with E-state index in [2.05, 4.69) is 20.8 Å². The lowest BCUT2D eigenvalue weighted by Gasteiger charge is -2.12. The van der Waals surface area contributed by atoms with E-state index in [9.17, 15) is 4.79 Å². The smallest absolute Gasteiger partial charge is 0.305 e. The molecule has 0 spiro atoms. The zero-order chi connectivity index (χ0) is 12.4. The average Bonchev–Trinajstić information content (AvgIpc) is 2.22. The molecular weight excluding hydrogens is 200 g/mol. The molecule has 1 atom stereocenters. The van der Waals surface area contributed by atoms with E-state index in [1.165, 1.54) is 25.7 Å². The summed E-state index contributed by atoms with van der Waals surface area (Å²) in [6, 6.07) is 0. The molecule has 0 aliphatic carbocycles. The molecule has 0 aromatic rings. The van der Waals surface area contributed by atoms with Crippen molar-refractivity contribution in [3.63, 3.8) is 0 Å². The molecule has 2 nitrogen and oxygen atoms in total. The predicted molar refractivity (Wildman–Crippen MR) is 68.3 cm³/mol. The normalized spacial score (nSPS) is 12.8. The number of ether oxygens (including phenoxy) is 1. The Morgan fingerprint density at radius 2 is 1.75 bits per heavy atom. The van der Waals surface area contributed by atoms with Gasteiger partial charge >= 0.3 is 5.97 Å². The van der Waals surface area contributed by atoms with Gasteiger partial charge < -0.3 is 4.74 Å². The molecule has 2 heteroatoms. The minimum Gasteiger partial charge on any atom is -0.465 e. The summed E-state index contributed by atoms with van der Waals surface area (Å²) in [5.41, 5.74) is 0. The summed E-state index contributed by atoms with van der Waals surface area (Å²) >= 11 is 0. The zero-order valence-electron chi connectivity index (χ0n) is 11.4. The number of carbonyl (C=O) groups excluding carboxylic acids is 1. The monoisotopic (exact) mass is 228 g/mol. The molecule has 0 N–H and O–H groups in total. The molecule has 0 aromatic heterocycles. The van der Waals surface area contributed by atoms with Crippen molar-refractivity contribution in [2.45, 2.75) is 66.2 Å². The molecule has 16 heavy (non-hydrogen) atoms. The first-order chi connectivity index (χ1) is 7.56. The van der Waals surface area contributed by atoms with Crippen molar-refractivity contribution < 1.29 is 9.53 Å². The first-order valence-corrected chi connectivity index (χ1v) is 6.71. The van der Waals surface area contributed by atoms with Crippen LogP contribution in [0.2, 0.25) is 0 Å². The van der Waals surface area contributed by atoms with E-state index in [0.717, 1.165) is 12.3 Å². The summed E-state index contributed by atoms with van der Waals surface area (Å²) < 4.78 is 5.18. The van der Waals surface area contributed by atoms with Crippen LogP contribution in [-0.4, -0.2) is 12.6 Å². The second kappa shape index (κ2) is 9.68. The SMILES string of the molecule is CCCC(=O)OC[C@H](C)CCCCC(C)C. The Hall–Kier alpha value is -0.530. The second-order valence-electron chi connectivity index (χ2n) is 5.22.